The summed E-state index contributed by atoms with van der Waals surface area (Å²) < 4.78 is 25.6. The molecule has 8 heteroatoms. The van der Waals surface area contributed by atoms with E-state index in [0.29, 0.717) is 0 Å². The fourth-order valence-corrected chi connectivity index (χ4v) is 3.81. The average Bonchev–Trinajstić information content (AvgIpc) is 2.82. The van der Waals surface area contributed by atoms with E-state index in [4.69, 9.17) is 10.4 Å². The molecule has 20 heavy (non-hydrogen) atoms. The monoisotopic (exact) mass is 296 g/mol. The maximum absolute atomic E-state index is 12.4. The van der Waals surface area contributed by atoms with E-state index in [1.165, 1.54) is 24.3 Å². The van der Waals surface area contributed by atoms with E-state index in [-0.39, 0.29) is 23.4 Å². The Bertz CT molecular complexity index is 679. The summed E-state index contributed by atoms with van der Waals surface area (Å²) in [6.45, 7) is -0.268. The Morgan fingerprint density at radius 3 is 2.75 bits per heavy atom. The minimum absolute atomic E-state index is 0.146. The summed E-state index contributed by atoms with van der Waals surface area (Å²) in [5.74, 6) is -1.30. The predicted octanol–water partition coefficient (Wildman–Crippen LogP) is -0.233. The molecule has 0 spiro atoms. The van der Waals surface area contributed by atoms with Crippen LogP contribution in [-0.2, 0) is 14.8 Å². The van der Waals surface area contributed by atoms with Gasteiger partial charge in [-0.3, -0.25) is 4.79 Å². The molecule has 2 rings (SSSR count). The molecule has 0 saturated carbocycles. The summed E-state index contributed by atoms with van der Waals surface area (Å²) in [5, 5.41) is 27.3. The Balaban J connectivity index is 2.44. The lowest BCUT2D eigenvalue weighted by atomic mass is 10.2. The first-order valence-electron chi connectivity index (χ1n) is 5.79. The van der Waals surface area contributed by atoms with Crippen LogP contribution in [0.15, 0.2) is 29.2 Å². The largest absolute Gasteiger partial charge is 0.480 e. The van der Waals surface area contributed by atoms with Gasteiger partial charge in [-0.2, -0.15) is 9.57 Å². The number of rotatable bonds is 3. The molecule has 1 aliphatic rings. The number of nitriles is 1. The van der Waals surface area contributed by atoms with Crippen LogP contribution in [0.2, 0.25) is 0 Å². The van der Waals surface area contributed by atoms with Gasteiger partial charge in [-0.1, -0.05) is 6.07 Å². The van der Waals surface area contributed by atoms with E-state index < -0.39 is 28.1 Å². The van der Waals surface area contributed by atoms with E-state index in [1.54, 1.807) is 0 Å². The summed E-state index contributed by atoms with van der Waals surface area (Å²) in [7, 11) is -4.06. The van der Waals surface area contributed by atoms with Crippen molar-refractivity contribution in [3.8, 4) is 6.07 Å². The number of nitrogens with zero attached hydrogens (tertiary/aromatic N) is 2. The number of aliphatic hydroxyl groups is 1. The van der Waals surface area contributed by atoms with Gasteiger partial charge < -0.3 is 10.2 Å². The van der Waals surface area contributed by atoms with Gasteiger partial charge in [0.15, 0.2) is 0 Å². The van der Waals surface area contributed by atoms with Crippen LogP contribution < -0.4 is 0 Å². The van der Waals surface area contributed by atoms with E-state index >= 15 is 0 Å². The molecule has 1 aromatic rings. The minimum atomic E-state index is -4.06. The number of aliphatic carboxylic acids is 1. The summed E-state index contributed by atoms with van der Waals surface area (Å²) in [5.41, 5.74) is 0.165. The highest BCUT2D eigenvalue weighted by atomic mass is 32.2. The molecule has 0 unspecified atom stereocenters. The second-order valence-corrected chi connectivity index (χ2v) is 6.35. The molecule has 1 aromatic carbocycles. The maximum atomic E-state index is 12.4. The number of sulfonamides is 1. The lowest BCUT2D eigenvalue weighted by Gasteiger charge is -2.20. The Morgan fingerprint density at radius 2 is 2.15 bits per heavy atom. The van der Waals surface area contributed by atoms with Crippen LogP contribution in [0.3, 0.4) is 0 Å². The summed E-state index contributed by atoms with van der Waals surface area (Å²) >= 11 is 0. The molecule has 0 amide bonds. The van der Waals surface area contributed by atoms with Gasteiger partial charge in [-0.25, -0.2) is 8.42 Å². The fraction of sp³-hybridized carbons (Fsp3) is 0.333. The van der Waals surface area contributed by atoms with Crippen molar-refractivity contribution < 1.29 is 23.4 Å². The number of aliphatic hydroxyl groups excluding tert-OH is 1. The highest BCUT2D eigenvalue weighted by Crippen LogP contribution is 2.26. The number of carboxylic acids is 1. The number of carbonyl (C=O) groups is 1. The summed E-state index contributed by atoms with van der Waals surface area (Å²) in [6.07, 6.45) is -1.16. The minimum Gasteiger partial charge on any atom is -0.480 e. The zero-order valence-corrected chi connectivity index (χ0v) is 11.1. The Hall–Kier alpha value is -1.95. The van der Waals surface area contributed by atoms with Crippen LogP contribution in [0.25, 0.3) is 0 Å². The maximum Gasteiger partial charge on any atom is 0.322 e. The molecule has 0 bridgehead atoms. The lowest BCUT2D eigenvalue weighted by molar-refractivity contribution is -0.140. The fourth-order valence-electron chi connectivity index (χ4n) is 2.14. The number of benzene rings is 1. The molecule has 106 valence electrons. The van der Waals surface area contributed by atoms with Gasteiger partial charge in [-0.05, 0) is 18.2 Å². The molecule has 7 nitrogen and oxygen atoms in total. The SMILES string of the molecule is N#Cc1cccc(S(=O)(=O)N2C[C@H](O)C[C@@H]2C(=O)O)c1. The Labute approximate surface area is 115 Å². The molecule has 1 saturated heterocycles. The molecule has 1 aliphatic heterocycles. The Morgan fingerprint density at radius 1 is 1.45 bits per heavy atom. The van der Waals surface area contributed by atoms with Gasteiger partial charge in [0.2, 0.25) is 10.0 Å². The normalized spacial score (nSPS) is 23.4. The zero-order chi connectivity index (χ0) is 14.9. The summed E-state index contributed by atoms with van der Waals surface area (Å²) in [4.78, 5) is 10.9. The van der Waals surface area contributed by atoms with Crippen molar-refractivity contribution in [2.24, 2.45) is 0 Å². The third-order valence-corrected chi connectivity index (χ3v) is 4.96. The van der Waals surface area contributed by atoms with E-state index in [0.717, 1.165) is 4.31 Å². The van der Waals surface area contributed by atoms with Gasteiger partial charge in [0.25, 0.3) is 0 Å². The second kappa shape index (κ2) is 5.20. The molecule has 1 heterocycles. The van der Waals surface area contributed by atoms with Crippen molar-refractivity contribution in [3.63, 3.8) is 0 Å². The van der Waals surface area contributed by atoms with Crippen molar-refractivity contribution in [2.75, 3.05) is 6.54 Å². The highest BCUT2D eigenvalue weighted by molar-refractivity contribution is 7.89. The molecular formula is C12H12N2O5S. The van der Waals surface area contributed by atoms with Crippen molar-refractivity contribution >= 4 is 16.0 Å². The van der Waals surface area contributed by atoms with E-state index in [9.17, 15) is 18.3 Å². The number of carboxylic acid groups (broad SMARTS) is 1. The first-order valence-corrected chi connectivity index (χ1v) is 7.23. The van der Waals surface area contributed by atoms with Gasteiger partial charge >= 0.3 is 5.97 Å². The van der Waals surface area contributed by atoms with Crippen LogP contribution in [0.4, 0.5) is 0 Å². The van der Waals surface area contributed by atoms with Crippen molar-refractivity contribution in [1.82, 2.24) is 4.31 Å². The molecule has 0 radical (unpaired) electrons. The predicted molar refractivity (Wildman–Crippen MR) is 67.1 cm³/mol. The Kier molecular flexibility index (Phi) is 3.76. The highest BCUT2D eigenvalue weighted by Gasteiger charge is 2.43. The topological polar surface area (TPSA) is 119 Å². The van der Waals surface area contributed by atoms with Gasteiger partial charge in [0, 0.05) is 13.0 Å². The third kappa shape index (κ3) is 2.51. The molecule has 2 atom stereocenters. The van der Waals surface area contributed by atoms with Crippen LogP contribution in [0.1, 0.15) is 12.0 Å². The third-order valence-electron chi connectivity index (χ3n) is 3.09. The van der Waals surface area contributed by atoms with Crippen molar-refractivity contribution in [1.29, 1.82) is 5.26 Å². The zero-order valence-electron chi connectivity index (χ0n) is 10.3. The first kappa shape index (κ1) is 14.5. The summed E-state index contributed by atoms with van der Waals surface area (Å²) in [6, 6.07) is 5.87. The molecule has 0 aromatic heterocycles. The van der Waals surface area contributed by atoms with Crippen molar-refractivity contribution in [2.45, 2.75) is 23.5 Å². The van der Waals surface area contributed by atoms with Gasteiger partial charge in [-0.15, -0.1) is 0 Å². The smallest absolute Gasteiger partial charge is 0.322 e. The van der Waals surface area contributed by atoms with Gasteiger partial charge in [0.1, 0.15) is 6.04 Å². The standard InChI is InChI=1S/C12H12N2O5S/c13-6-8-2-1-3-10(4-8)20(18,19)14-7-9(15)5-11(14)12(16)17/h1-4,9,11,15H,5,7H2,(H,16,17)/t9-,11-/m1/s1. The quantitative estimate of drug-likeness (QED) is 0.795. The van der Waals surface area contributed by atoms with Crippen LogP contribution in [-0.4, -0.2) is 47.6 Å². The second-order valence-electron chi connectivity index (χ2n) is 4.46. The first-order chi connectivity index (χ1) is 9.36. The molecule has 2 N–H and O–H groups in total. The van der Waals surface area contributed by atoms with Crippen LogP contribution in [0.5, 0.6) is 0 Å². The molecule has 1 fully saturated rings. The molecule has 0 aliphatic carbocycles. The average molecular weight is 296 g/mol. The lowest BCUT2D eigenvalue weighted by Crippen LogP contribution is -2.40. The van der Waals surface area contributed by atoms with E-state index in [1.807, 2.05) is 6.07 Å². The van der Waals surface area contributed by atoms with Gasteiger partial charge in [0.05, 0.1) is 22.6 Å². The number of hydrogen-bond donors (Lipinski definition) is 2. The van der Waals surface area contributed by atoms with Crippen LogP contribution in [0, 0.1) is 11.3 Å². The molecular weight excluding hydrogens is 284 g/mol. The number of hydrogen-bond acceptors (Lipinski definition) is 5. The van der Waals surface area contributed by atoms with Crippen molar-refractivity contribution in [3.05, 3.63) is 29.8 Å². The van der Waals surface area contributed by atoms with Crippen LogP contribution >= 0.6 is 0 Å². The van der Waals surface area contributed by atoms with E-state index in [2.05, 4.69) is 0 Å². The number of β-amino-alcohol motifs (C(OH)–C–C–N with tert-alkyl or cyclic N) is 1.